The first-order valence-electron chi connectivity index (χ1n) is 14.4. The predicted octanol–water partition coefficient (Wildman–Crippen LogP) is 7.21. The van der Waals surface area contributed by atoms with Gasteiger partial charge < -0.3 is 4.74 Å². The molecule has 2 saturated carbocycles. The van der Waals surface area contributed by atoms with Crippen LogP contribution in [-0.2, 0) is 19.6 Å². The van der Waals surface area contributed by atoms with Gasteiger partial charge in [-0.2, -0.15) is 8.42 Å². The molecule has 0 radical (unpaired) electrons. The lowest BCUT2D eigenvalue weighted by Crippen LogP contribution is -2.50. The van der Waals surface area contributed by atoms with E-state index in [4.69, 9.17) is 9.29 Å². The molecule has 214 valence electrons. The van der Waals surface area contributed by atoms with E-state index in [9.17, 15) is 13.2 Å². The maximum Gasteiger partial charge on any atom is 0.302 e. The zero-order chi connectivity index (χ0) is 28.7. The Bertz CT molecular complexity index is 1410. The first-order chi connectivity index (χ1) is 18.9. The van der Waals surface area contributed by atoms with Crippen molar-refractivity contribution in [2.45, 2.75) is 83.6 Å². The average molecular weight is 564 g/mol. The van der Waals surface area contributed by atoms with E-state index in [-0.39, 0.29) is 27.8 Å². The van der Waals surface area contributed by atoms with Crippen molar-refractivity contribution in [3.05, 3.63) is 77.6 Å². The molecule has 7 heteroatoms. The minimum atomic E-state index is -4.02. The summed E-state index contributed by atoms with van der Waals surface area (Å²) >= 11 is 0. The van der Waals surface area contributed by atoms with Crippen molar-refractivity contribution >= 4 is 21.7 Å². The fraction of sp³-hybridized carbons (Fsp3) is 0.515. The highest BCUT2D eigenvalue weighted by molar-refractivity contribution is 7.85. The van der Waals surface area contributed by atoms with Gasteiger partial charge >= 0.3 is 5.97 Å². The van der Waals surface area contributed by atoms with E-state index in [0.29, 0.717) is 0 Å². The van der Waals surface area contributed by atoms with Crippen LogP contribution in [0, 0.1) is 35.5 Å². The Morgan fingerprint density at radius 2 is 1.73 bits per heavy atom. The lowest BCUT2D eigenvalue weighted by molar-refractivity contribution is -0.148. The highest BCUT2D eigenvalue weighted by Crippen LogP contribution is 2.66. The first-order valence-corrected chi connectivity index (χ1v) is 15.9. The number of fused-ring (bicyclic) bond motifs is 5. The molecule has 0 amide bonds. The molecule has 1 heterocycles. The number of benzene rings is 1. The molecule has 2 aromatic rings. The van der Waals surface area contributed by atoms with Gasteiger partial charge in [-0.3, -0.25) is 14.3 Å². The molecule has 6 atom stereocenters. The highest BCUT2D eigenvalue weighted by atomic mass is 32.2. The topological polar surface area (TPSA) is 93.6 Å². The van der Waals surface area contributed by atoms with Crippen LogP contribution in [0.15, 0.2) is 71.4 Å². The Labute approximate surface area is 238 Å². The Morgan fingerprint density at radius 3 is 2.38 bits per heavy atom. The van der Waals surface area contributed by atoms with Gasteiger partial charge in [0.2, 0.25) is 0 Å². The number of rotatable bonds is 3. The molecular weight excluding hydrogens is 522 g/mol. The molecular formula is C33H41NO5S. The van der Waals surface area contributed by atoms with E-state index < -0.39 is 10.1 Å². The summed E-state index contributed by atoms with van der Waals surface area (Å²) < 4.78 is 35.1. The zero-order valence-corrected chi connectivity index (χ0v) is 24.8. The fourth-order valence-corrected chi connectivity index (χ4v) is 8.69. The van der Waals surface area contributed by atoms with E-state index in [1.54, 1.807) is 17.7 Å². The number of aryl methyl sites for hydroxylation is 1. The molecule has 0 aliphatic heterocycles. The standard InChI is InChI=1S/C26H33NO2.C7H8O3S/c1-17(28)29-20-10-12-25(2)19(15-20)6-7-21-23-9-8-22(18-5-4-14-27-16-18)26(23,3)13-11-24(21)25;1-6-2-4-7(5-3-6)11(8,9)10/h4-6,8,14,16,20-21,23-24H,7,9-13,15H2,1-3H3;2-5H,1H3,(H,8,9,10)/t20-,21-,23-,24-,25-,26+;/m0./s1. The number of aromatic nitrogens is 1. The summed E-state index contributed by atoms with van der Waals surface area (Å²) in [5, 5.41) is 0. The van der Waals surface area contributed by atoms with Crippen LogP contribution in [0.1, 0.15) is 76.8 Å². The quantitative estimate of drug-likeness (QED) is 0.241. The van der Waals surface area contributed by atoms with E-state index >= 15 is 0 Å². The maximum absolute atomic E-state index is 11.4. The molecule has 40 heavy (non-hydrogen) atoms. The number of allylic oxidation sites excluding steroid dienone is 3. The number of nitrogens with zero attached hydrogens (tertiary/aromatic N) is 1. The molecule has 1 aromatic heterocycles. The largest absolute Gasteiger partial charge is 0.462 e. The number of pyridine rings is 1. The monoisotopic (exact) mass is 563 g/mol. The van der Waals surface area contributed by atoms with Crippen LogP contribution in [0.5, 0.6) is 0 Å². The number of hydrogen-bond donors (Lipinski definition) is 1. The van der Waals surface area contributed by atoms with Gasteiger partial charge in [-0.05, 0) is 103 Å². The normalized spacial score (nSPS) is 32.7. The summed E-state index contributed by atoms with van der Waals surface area (Å²) in [5.41, 5.74) is 5.94. The van der Waals surface area contributed by atoms with Crippen LogP contribution in [0.3, 0.4) is 0 Å². The van der Waals surface area contributed by atoms with E-state index in [1.165, 1.54) is 55.9 Å². The molecule has 6 nitrogen and oxygen atoms in total. The third-order valence-electron chi connectivity index (χ3n) is 10.3. The smallest absolute Gasteiger partial charge is 0.302 e. The fourth-order valence-electron chi connectivity index (χ4n) is 8.21. The highest BCUT2D eigenvalue weighted by Gasteiger charge is 2.57. The second-order valence-corrected chi connectivity index (χ2v) is 14.0. The second kappa shape index (κ2) is 10.9. The van der Waals surface area contributed by atoms with Crippen LogP contribution in [0.25, 0.3) is 5.57 Å². The Hall–Kier alpha value is -2.77. The van der Waals surface area contributed by atoms with Gasteiger partial charge in [0.1, 0.15) is 6.10 Å². The lowest BCUT2D eigenvalue weighted by atomic mass is 9.47. The van der Waals surface area contributed by atoms with Crippen molar-refractivity contribution in [1.29, 1.82) is 0 Å². The molecule has 6 rings (SSSR count). The van der Waals surface area contributed by atoms with E-state index in [2.05, 4.69) is 43.1 Å². The van der Waals surface area contributed by atoms with Crippen molar-refractivity contribution < 1.29 is 22.5 Å². The van der Waals surface area contributed by atoms with Gasteiger partial charge in [0.25, 0.3) is 10.1 Å². The summed E-state index contributed by atoms with van der Waals surface area (Å²) in [6, 6.07) is 10.3. The maximum atomic E-state index is 11.4. The van der Waals surface area contributed by atoms with Gasteiger partial charge in [0.05, 0.1) is 4.90 Å². The first kappa shape index (κ1) is 28.7. The SMILES string of the molecule is CC(=O)O[C@H]1CC[C@@]2(C)C(=CC[C@@H]3[C@@H]2CC[C@]2(C)C(c4cccnc4)=CC[C@@H]32)C1.Cc1ccc(S(=O)(=O)O)cc1. The summed E-state index contributed by atoms with van der Waals surface area (Å²) in [6.45, 7) is 8.40. The predicted molar refractivity (Wildman–Crippen MR) is 156 cm³/mol. The molecule has 1 N–H and O–H groups in total. The third kappa shape index (κ3) is 5.42. The number of ether oxygens (including phenoxy) is 1. The lowest BCUT2D eigenvalue weighted by Gasteiger charge is -2.57. The van der Waals surface area contributed by atoms with Crippen molar-refractivity contribution in [3.63, 3.8) is 0 Å². The van der Waals surface area contributed by atoms with Crippen LogP contribution >= 0.6 is 0 Å². The summed E-state index contributed by atoms with van der Waals surface area (Å²) in [7, 11) is -4.02. The molecule has 0 spiro atoms. The van der Waals surface area contributed by atoms with Gasteiger partial charge in [-0.15, -0.1) is 0 Å². The number of esters is 1. The van der Waals surface area contributed by atoms with E-state index in [1.807, 2.05) is 19.3 Å². The van der Waals surface area contributed by atoms with Crippen LogP contribution in [0.2, 0.25) is 0 Å². The molecule has 4 aliphatic rings. The molecule has 1 aromatic carbocycles. The number of carbonyl (C=O) groups is 1. The summed E-state index contributed by atoms with van der Waals surface area (Å²) in [5.74, 6) is 2.12. The minimum absolute atomic E-state index is 0.0666. The van der Waals surface area contributed by atoms with Crippen molar-refractivity contribution in [2.75, 3.05) is 0 Å². The van der Waals surface area contributed by atoms with Crippen molar-refractivity contribution in [3.8, 4) is 0 Å². The molecule has 0 unspecified atom stereocenters. The summed E-state index contributed by atoms with van der Waals surface area (Å²) in [6.07, 6.45) is 17.1. The summed E-state index contributed by atoms with van der Waals surface area (Å²) in [4.78, 5) is 15.8. The molecule has 2 fully saturated rings. The van der Waals surface area contributed by atoms with Crippen LogP contribution in [0.4, 0.5) is 0 Å². The Balaban J connectivity index is 0.000000248. The van der Waals surface area contributed by atoms with Gasteiger partial charge in [-0.1, -0.05) is 55.3 Å². The Kier molecular flexibility index (Phi) is 7.83. The van der Waals surface area contributed by atoms with Crippen molar-refractivity contribution in [1.82, 2.24) is 4.98 Å². The molecule has 4 aliphatic carbocycles. The van der Waals surface area contributed by atoms with Crippen LogP contribution < -0.4 is 0 Å². The van der Waals surface area contributed by atoms with Gasteiger partial charge in [-0.25, -0.2) is 0 Å². The Morgan fingerprint density at radius 1 is 1.00 bits per heavy atom. The number of hydrogen-bond acceptors (Lipinski definition) is 5. The second-order valence-electron chi connectivity index (χ2n) is 12.6. The van der Waals surface area contributed by atoms with Gasteiger partial charge in [0, 0.05) is 25.7 Å². The molecule has 0 saturated heterocycles. The molecule has 0 bridgehead atoms. The number of carbonyl (C=O) groups excluding carboxylic acids is 1. The van der Waals surface area contributed by atoms with E-state index in [0.717, 1.165) is 42.6 Å². The average Bonchev–Trinajstić information content (AvgIpc) is 3.26. The zero-order valence-electron chi connectivity index (χ0n) is 24.0. The third-order valence-corrected chi connectivity index (χ3v) is 11.1. The van der Waals surface area contributed by atoms with Crippen LogP contribution in [-0.4, -0.2) is 30.0 Å². The minimum Gasteiger partial charge on any atom is -0.462 e. The van der Waals surface area contributed by atoms with Crippen molar-refractivity contribution in [2.24, 2.45) is 28.6 Å². The van der Waals surface area contributed by atoms with Gasteiger partial charge in [0.15, 0.2) is 0 Å².